The van der Waals surface area contributed by atoms with E-state index in [9.17, 15) is 0 Å². The molecule has 5 heavy (non-hydrogen) atoms. The van der Waals surface area contributed by atoms with Crippen molar-refractivity contribution in [2.45, 2.75) is 23.3 Å². The molecule has 0 N–H and O–H groups in total. The molecule has 0 saturated carbocycles. The molecule has 1 aliphatic heterocycles. The zero-order valence-corrected chi connectivity index (χ0v) is 5.43. The van der Waals surface area contributed by atoms with Crippen molar-refractivity contribution in [1.82, 2.24) is 0 Å². The van der Waals surface area contributed by atoms with E-state index in [0.717, 1.165) is 0 Å². The molecule has 1 saturated heterocycles. The van der Waals surface area contributed by atoms with Gasteiger partial charge >= 0.3 is 38.8 Å². The van der Waals surface area contributed by atoms with Gasteiger partial charge in [-0.25, -0.2) is 0 Å². The van der Waals surface area contributed by atoms with Gasteiger partial charge in [-0.1, -0.05) is 0 Å². The van der Waals surface area contributed by atoms with Crippen LogP contribution in [0.2, 0.25) is 10.5 Å². The number of hydrogen-bond donors (Lipinski definition) is 0. The molecule has 1 heteroatoms. The van der Waals surface area contributed by atoms with Crippen LogP contribution in [0.15, 0.2) is 0 Å². The molecule has 0 aliphatic carbocycles. The molecule has 0 aromatic carbocycles. The molecule has 2 radical (unpaired) electrons. The van der Waals surface area contributed by atoms with Gasteiger partial charge in [0.15, 0.2) is 0 Å². The normalized spacial score (nSPS) is 24.0. The topological polar surface area (TPSA) is 0 Å². The molecule has 0 atom stereocenters. The Morgan fingerprint density at radius 3 is 1.80 bits per heavy atom. The Hall–Kier alpha value is 0.543. The summed E-state index contributed by atoms with van der Waals surface area (Å²) in [5.41, 5.74) is 0. The summed E-state index contributed by atoms with van der Waals surface area (Å²) in [7, 11) is 0. The van der Waals surface area contributed by atoms with Crippen molar-refractivity contribution in [3.63, 3.8) is 0 Å². The van der Waals surface area contributed by atoms with Crippen LogP contribution >= 0.6 is 0 Å². The number of hydrogen-bond acceptors (Lipinski definition) is 0. The van der Waals surface area contributed by atoms with Crippen LogP contribution in [-0.4, -0.2) is 15.4 Å². The maximum absolute atomic E-state index is 1.62. The van der Waals surface area contributed by atoms with Crippen molar-refractivity contribution in [1.29, 1.82) is 0 Å². The van der Waals surface area contributed by atoms with Gasteiger partial charge in [-0.2, -0.15) is 0 Å². The summed E-state index contributed by atoms with van der Waals surface area (Å²) in [5.74, 6) is 0. The molecule has 0 aromatic rings. The van der Waals surface area contributed by atoms with Crippen LogP contribution in [0, 0.1) is 0 Å². The fraction of sp³-hybridized carbons (Fsp3) is 1.00. The van der Waals surface area contributed by atoms with E-state index in [1.165, 1.54) is 0 Å². The third kappa shape index (κ3) is 0.956. The summed E-state index contributed by atoms with van der Waals surface area (Å²) >= 11 is 0.639. The second-order valence-electron chi connectivity index (χ2n) is 1.46. The molecule has 1 rings (SSSR count). The Balaban J connectivity index is 2.08. The van der Waals surface area contributed by atoms with E-state index in [-0.39, 0.29) is 0 Å². The second-order valence-corrected chi connectivity index (χ2v) is 4.60. The Labute approximate surface area is 39.4 Å². The first-order valence-electron chi connectivity index (χ1n) is 2.21. The summed E-state index contributed by atoms with van der Waals surface area (Å²) in [4.78, 5) is 0. The van der Waals surface area contributed by atoms with Crippen LogP contribution in [0.5, 0.6) is 0 Å². The van der Waals surface area contributed by atoms with Crippen molar-refractivity contribution in [2.24, 2.45) is 0 Å². The van der Waals surface area contributed by atoms with Crippen LogP contribution in [0.3, 0.4) is 0 Å². The van der Waals surface area contributed by atoms with Gasteiger partial charge in [-0.05, 0) is 0 Å². The van der Waals surface area contributed by atoms with Gasteiger partial charge in [0.25, 0.3) is 0 Å². The summed E-state index contributed by atoms with van der Waals surface area (Å²) in [6.45, 7) is 0. The molecule has 0 nitrogen and oxygen atoms in total. The monoisotopic (exact) mass is 130 g/mol. The second kappa shape index (κ2) is 1.86. The van der Waals surface area contributed by atoms with E-state index in [2.05, 4.69) is 0 Å². The first-order valence-corrected chi connectivity index (χ1v) is 5.17. The molecule has 28 valence electrons. The van der Waals surface area contributed by atoms with Crippen molar-refractivity contribution in [2.75, 3.05) is 0 Å². The zero-order chi connectivity index (χ0) is 3.54. The van der Waals surface area contributed by atoms with Gasteiger partial charge in [-0.15, -0.1) is 0 Å². The zero-order valence-electron chi connectivity index (χ0n) is 3.33. The maximum atomic E-state index is 1.62. The minimum absolute atomic E-state index is 0.639. The van der Waals surface area contributed by atoms with Crippen molar-refractivity contribution < 1.29 is 0 Å². The van der Waals surface area contributed by atoms with Crippen LogP contribution < -0.4 is 0 Å². The quantitative estimate of drug-likeness (QED) is 0.432. The van der Waals surface area contributed by atoms with E-state index in [1.54, 1.807) is 23.3 Å². The SMILES string of the molecule is C1C[CH2][Ge][CH2]1. The Morgan fingerprint density at radius 1 is 1.00 bits per heavy atom. The third-order valence-electron chi connectivity index (χ3n) is 0.957. The van der Waals surface area contributed by atoms with E-state index in [0.29, 0.717) is 15.4 Å². The Bertz CT molecular complexity index is 15.2. The van der Waals surface area contributed by atoms with Crippen molar-refractivity contribution in [3.8, 4) is 0 Å². The first kappa shape index (κ1) is 3.72. The molecule has 1 fully saturated rings. The molecule has 0 spiro atoms. The average Bonchev–Trinajstić information content (AvgIpc) is 1.76. The van der Waals surface area contributed by atoms with E-state index in [1.807, 2.05) is 0 Å². The van der Waals surface area contributed by atoms with Gasteiger partial charge in [0.2, 0.25) is 0 Å². The predicted octanol–water partition coefficient (Wildman–Crippen LogP) is 1.32. The van der Waals surface area contributed by atoms with E-state index >= 15 is 0 Å². The van der Waals surface area contributed by atoms with E-state index in [4.69, 9.17) is 0 Å². The first-order chi connectivity index (χ1) is 2.50. The average molecular weight is 129 g/mol. The fourth-order valence-corrected chi connectivity index (χ4v) is 3.25. The van der Waals surface area contributed by atoms with Crippen molar-refractivity contribution >= 4 is 15.4 Å². The predicted molar refractivity (Wildman–Crippen MR) is 24.6 cm³/mol. The van der Waals surface area contributed by atoms with Gasteiger partial charge in [0.05, 0.1) is 0 Å². The summed E-state index contributed by atoms with van der Waals surface area (Å²) in [6.07, 6.45) is 3.11. The third-order valence-corrected chi connectivity index (χ3v) is 3.92. The molecule has 0 unspecified atom stereocenters. The van der Waals surface area contributed by atoms with Gasteiger partial charge in [0, 0.05) is 0 Å². The molecule has 1 heterocycles. The number of rotatable bonds is 0. The molecule has 0 aromatic heterocycles. The van der Waals surface area contributed by atoms with Crippen LogP contribution in [0.1, 0.15) is 12.8 Å². The van der Waals surface area contributed by atoms with Crippen LogP contribution in [0.25, 0.3) is 0 Å². The molecular formula is C4H8Ge. The minimum atomic E-state index is 0.639. The summed E-state index contributed by atoms with van der Waals surface area (Å²) in [5, 5.41) is 3.25. The van der Waals surface area contributed by atoms with E-state index < -0.39 is 0 Å². The Kier molecular flexibility index (Phi) is 1.38. The molecule has 0 bridgehead atoms. The summed E-state index contributed by atoms with van der Waals surface area (Å²) in [6, 6.07) is 0. The summed E-state index contributed by atoms with van der Waals surface area (Å²) < 4.78 is 0. The Morgan fingerprint density at radius 2 is 1.60 bits per heavy atom. The van der Waals surface area contributed by atoms with Gasteiger partial charge in [0.1, 0.15) is 0 Å². The standard InChI is InChI=1S/C4H8Ge/c1-2-4-5-3-1/h1-4H2. The fourth-order valence-electron chi connectivity index (χ4n) is 0.625. The molecular weight excluding hydrogens is 121 g/mol. The van der Waals surface area contributed by atoms with Crippen molar-refractivity contribution in [3.05, 3.63) is 0 Å². The molecule has 0 amide bonds. The van der Waals surface area contributed by atoms with Crippen LogP contribution in [-0.2, 0) is 0 Å². The van der Waals surface area contributed by atoms with Gasteiger partial charge < -0.3 is 0 Å². The van der Waals surface area contributed by atoms with Crippen LogP contribution in [0.4, 0.5) is 0 Å². The van der Waals surface area contributed by atoms with Gasteiger partial charge in [-0.3, -0.25) is 0 Å². The molecule has 1 aliphatic rings.